The SMILES string of the molecule is CCN(CC)CCN(C)C(=O)CN1CCN(c2cc(Nc3ccc(N4CCOCC4)cc3)nc(SC)n2)CC1. The number of thioether (sulfide) groups is 1. The molecule has 2 aliphatic rings. The molecule has 11 heteroatoms. The van der Waals surface area contributed by atoms with Crippen LogP contribution in [-0.2, 0) is 9.53 Å². The fourth-order valence-corrected chi connectivity index (χ4v) is 5.23. The molecule has 39 heavy (non-hydrogen) atoms. The van der Waals surface area contributed by atoms with Gasteiger partial charge < -0.3 is 29.7 Å². The molecular formula is C28H44N8O2S. The molecule has 1 N–H and O–H groups in total. The number of hydrogen-bond acceptors (Lipinski definition) is 10. The van der Waals surface area contributed by atoms with Crippen molar-refractivity contribution in [3.8, 4) is 0 Å². The third-order valence-corrected chi connectivity index (χ3v) is 8.07. The molecule has 0 atom stereocenters. The first-order valence-electron chi connectivity index (χ1n) is 14.1. The Morgan fingerprint density at radius 2 is 1.67 bits per heavy atom. The zero-order valence-electron chi connectivity index (χ0n) is 23.9. The lowest BCUT2D eigenvalue weighted by Gasteiger charge is -2.36. The van der Waals surface area contributed by atoms with E-state index in [1.54, 1.807) is 11.8 Å². The van der Waals surface area contributed by atoms with Gasteiger partial charge in [0.25, 0.3) is 0 Å². The molecule has 4 rings (SSSR count). The zero-order valence-corrected chi connectivity index (χ0v) is 24.8. The largest absolute Gasteiger partial charge is 0.378 e. The van der Waals surface area contributed by atoms with Crippen molar-refractivity contribution in [1.82, 2.24) is 24.7 Å². The predicted molar refractivity (Wildman–Crippen MR) is 161 cm³/mol. The summed E-state index contributed by atoms with van der Waals surface area (Å²) in [6, 6.07) is 10.5. The maximum absolute atomic E-state index is 12.8. The first-order chi connectivity index (χ1) is 19.0. The van der Waals surface area contributed by atoms with Crippen LogP contribution in [0.15, 0.2) is 35.5 Å². The topological polar surface area (TPSA) is 80.3 Å². The molecule has 0 spiro atoms. The van der Waals surface area contributed by atoms with Crippen molar-refractivity contribution >= 4 is 40.7 Å². The van der Waals surface area contributed by atoms with E-state index in [1.165, 1.54) is 5.69 Å². The van der Waals surface area contributed by atoms with E-state index in [0.29, 0.717) is 6.54 Å². The van der Waals surface area contributed by atoms with Gasteiger partial charge in [-0.05, 0) is 43.6 Å². The molecule has 1 aromatic heterocycles. The highest BCUT2D eigenvalue weighted by atomic mass is 32.2. The van der Waals surface area contributed by atoms with Gasteiger partial charge in [-0.1, -0.05) is 25.6 Å². The second-order valence-corrected chi connectivity index (χ2v) is 10.7. The molecule has 0 radical (unpaired) electrons. The summed E-state index contributed by atoms with van der Waals surface area (Å²) in [6.07, 6.45) is 2.00. The molecular weight excluding hydrogens is 512 g/mol. The number of piperazine rings is 1. The number of aromatic nitrogens is 2. The van der Waals surface area contributed by atoms with E-state index in [4.69, 9.17) is 14.7 Å². The number of nitrogens with one attached hydrogen (secondary N) is 1. The molecule has 2 fully saturated rings. The van der Waals surface area contributed by atoms with Gasteiger partial charge in [-0.3, -0.25) is 9.69 Å². The van der Waals surface area contributed by atoms with Crippen molar-refractivity contribution in [3.63, 3.8) is 0 Å². The minimum atomic E-state index is 0.188. The van der Waals surface area contributed by atoms with Crippen LogP contribution in [0.4, 0.5) is 23.0 Å². The fraction of sp³-hybridized carbons (Fsp3) is 0.607. The molecule has 2 aliphatic heterocycles. The molecule has 0 bridgehead atoms. The number of hydrogen-bond donors (Lipinski definition) is 1. The van der Waals surface area contributed by atoms with Crippen molar-refractivity contribution in [2.45, 2.75) is 19.0 Å². The minimum absolute atomic E-state index is 0.188. The molecule has 1 aromatic carbocycles. The summed E-state index contributed by atoms with van der Waals surface area (Å²) < 4.78 is 5.47. The molecule has 1 amide bonds. The normalized spacial score (nSPS) is 16.5. The fourth-order valence-electron chi connectivity index (χ4n) is 4.86. The van der Waals surface area contributed by atoms with Gasteiger partial charge in [0.1, 0.15) is 11.6 Å². The Kier molecular flexibility index (Phi) is 11.1. The van der Waals surface area contributed by atoms with Crippen molar-refractivity contribution in [2.24, 2.45) is 0 Å². The van der Waals surface area contributed by atoms with Crippen LogP contribution < -0.4 is 15.1 Å². The number of carbonyl (C=O) groups is 1. The smallest absolute Gasteiger partial charge is 0.236 e. The van der Waals surface area contributed by atoms with E-state index in [0.717, 1.165) is 101 Å². The van der Waals surface area contributed by atoms with E-state index in [1.807, 2.05) is 24.3 Å². The van der Waals surface area contributed by atoms with Crippen molar-refractivity contribution in [2.75, 3.05) is 114 Å². The number of nitrogens with zero attached hydrogens (tertiary/aromatic N) is 7. The van der Waals surface area contributed by atoms with Crippen LogP contribution in [0.25, 0.3) is 0 Å². The van der Waals surface area contributed by atoms with Gasteiger partial charge in [-0.25, -0.2) is 9.97 Å². The number of anilines is 4. The summed E-state index contributed by atoms with van der Waals surface area (Å²) in [7, 11) is 1.91. The summed E-state index contributed by atoms with van der Waals surface area (Å²) in [5.41, 5.74) is 2.21. The Morgan fingerprint density at radius 1 is 0.974 bits per heavy atom. The lowest BCUT2D eigenvalue weighted by molar-refractivity contribution is -0.131. The standard InChI is InChI=1S/C28H44N8O2S/c1-5-33(6-2)12-11-32(3)27(37)22-34-13-15-36(16-14-34)26-21-25(30-28(31-26)39-4)29-23-7-9-24(10-8-23)35-17-19-38-20-18-35/h7-10,21H,5-6,11-20,22H2,1-4H3,(H,29,30,31). The zero-order chi connectivity index (χ0) is 27.6. The molecule has 10 nitrogen and oxygen atoms in total. The van der Waals surface area contributed by atoms with Crippen LogP contribution in [0.3, 0.4) is 0 Å². The van der Waals surface area contributed by atoms with Crippen LogP contribution in [0.5, 0.6) is 0 Å². The lowest BCUT2D eigenvalue weighted by atomic mass is 10.2. The number of rotatable bonds is 12. The quantitative estimate of drug-likeness (QED) is 0.311. The van der Waals surface area contributed by atoms with E-state index >= 15 is 0 Å². The van der Waals surface area contributed by atoms with Gasteiger partial charge in [-0.2, -0.15) is 0 Å². The molecule has 0 saturated carbocycles. The van der Waals surface area contributed by atoms with Gasteiger partial charge in [0.05, 0.1) is 19.8 Å². The van der Waals surface area contributed by atoms with Crippen molar-refractivity contribution in [3.05, 3.63) is 30.3 Å². The minimum Gasteiger partial charge on any atom is -0.378 e. The number of morpholine rings is 1. The average Bonchev–Trinajstić information content (AvgIpc) is 2.98. The maximum Gasteiger partial charge on any atom is 0.236 e. The third-order valence-electron chi connectivity index (χ3n) is 7.52. The first-order valence-corrected chi connectivity index (χ1v) is 15.3. The van der Waals surface area contributed by atoms with Crippen molar-refractivity contribution in [1.29, 1.82) is 0 Å². The van der Waals surface area contributed by atoms with Crippen LogP contribution in [0, 0.1) is 0 Å². The first kappa shape index (κ1) is 29.4. The Hall–Kier alpha value is -2.60. The second-order valence-electron chi connectivity index (χ2n) is 9.97. The van der Waals surface area contributed by atoms with Gasteiger partial charge in [0, 0.05) is 76.8 Å². The van der Waals surface area contributed by atoms with E-state index in [-0.39, 0.29) is 5.91 Å². The van der Waals surface area contributed by atoms with Crippen LogP contribution in [0.1, 0.15) is 13.8 Å². The lowest BCUT2D eigenvalue weighted by Crippen LogP contribution is -2.50. The number of benzene rings is 1. The molecule has 3 heterocycles. The molecule has 0 unspecified atom stereocenters. The average molecular weight is 557 g/mol. The van der Waals surface area contributed by atoms with E-state index in [9.17, 15) is 4.79 Å². The highest BCUT2D eigenvalue weighted by Gasteiger charge is 2.22. The molecule has 0 aliphatic carbocycles. The number of ether oxygens (including phenoxy) is 1. The van der Waals surface area contributed by atoms with E-state index < -0.39 is 0 Å². The van der Waals surface area contributed by atoms with Gasteiger partial charge in [-0.15, -0.1) is 0 Å². The van der Waals surface area contributed by atoms with Crippen molar-refractivity contribution < 1.29 is 9.53 Å². The predicted octanol–water partition coefficient (Wildman–Crippen LogP) is 2.70. The Bertz CT molecular complexity index is 1040. The summed E-state index contributed by atoms with van der Waals surface area (Å²) in [6.45, 7) is 15.2. The molecule has 2 saturated heterocycles. The van der Waals surface area contributed by atoms with Crippen LogP contribution in [-0.4, -0.2) is 129 Å². The van der Waals surface area contributed by atoms with Gasteiger partial charge >= 0.3 is 0 Å². The van der Waals surface area contributed by atoms with E-state index in [2.05, 4.69) is 63.0 Å². The Balaban J connectivity index is 1.31. The Labute approximate surface area is 237 Å². The summed E-state index contributed by atoms with van der Waals surface area (Å²) in [4.78, 5) is 33.4. The second kappa shape index (κ2) is 14.7. The van der Waals surface area contributed by atoms with Gasteiger partial charge in [0.15, 0.2) is 5.16 Å². The van der Waals surface area contributed by atoms with Crippen LogP contribution >= 0.6 is 11.8 Å². The molecule has 2 aromatic rings. The molecule has 214 valence electrons. The monoisotopic (exact) mass is 556 g/mol. The maximum atomic E-state index is 12.8. The number of carbonyl (C=O) groups excluding carboxylic acids is 1. The van der Waals surface area contributed by atoms with Gasteiger partial charge in [0.2, 0.25) is 5.91 Å². The highest BCUT2D eigenvalue weighted by molar-refractivity contribution is 7.98. The van der Waals surface area contributed by atoms with Crippen LogP contribution in [0.2, 0.25) is 0 Å². The number of amides is 1. The summed E-state index contributed by atoms with van der Waals surface area (Å²) in [5.74, 6) is 1.90. The highest BCUT2D eigenvalue weighted by Crippen LogP contribution is 2.25. The number of likely N-dealkylation sites (N-methyl/N-ethyl adjacent to an activating group) is 2. The third kappa shape index (κ3) is 8.44. The summed E-state index contributed by atoms with van der Waals surface area (Å²) in [5, 5.41) is 4.21. The Morgan fingerprint density at radius 3 is 2.31 bits per heavy atom. The summed E-state index contributed by atoms with van der Waals surface area (Å²) >= 11 is 1.54.